The molecule has 276 valence electrons. The van der Waals surface area contributed by atoms with Crippen LogP contribution in [0.15, 0.2) is 24.3 Å². The largest absolute Gasteiger partial charge is 0.381 e. The molecule has 0 fully saturated rings. The number of hydrogen-bond acceptors (Lipinski definition) is 3. The summed E-state index contributed by atoms with van der Waals surface area (Å²) in [4.78, 5) is 24.1. The molecule has 0 saturated heterocycles. The number of allylic oxidation sites excluding steroid dienone is 4. The first-order valence-corrected chi connectivity index (χ1v) is 20.6. The third-order valence-electron chi connectivity index (χ3n) is 8.91. The summed E-state index contributed by atoms with van der Waals surface area (Å²) >= 11 is 0. The Balaban J connectivity index is 3.30. The van der Waals surface area contributed by atoms with Gasteiger partial charge in [-0.3, -0.25) is 9.59 Å². The van der Waals surface area contributed by atoms with E-state index in [0.29, 0.717) is 39.1 Å². The van der Waals surface area contributed by atoms with Gasteiger partial charge in [0.25, 0.3) is 0 Å². The van der Waals surface area contributed by atoms with Gasteiger partial charge in [-0.25, -0.2) is 0 Å². The average Bonchev–Trinajstić information content (AvgIpc) is 3.07. The van der Waals surface area contributed by atoms with Crippen LogP contribution in [0, 0.1) is 0 Å². The molecule has 0 aliphatic rings. The summed E-state index contributed by atoms with van der Waals surface area (Å²) in [6.45, 7) is 7.19. The number of hydrogen-bond donors (Lipinski definition) is 2. The maximum atomic E-state index is 12.0. The molecule has 2 N–H and O–H groups in total. The fraction of sp³-hybridized carbons (Fsp3) is 0.857. The van der Waals surface area contributed by atoms with E-state index in [4.69, 9.17) is 4.74 Å². The molecule has 0 saturated carbocycles. The van der Waals surface area contributed by atoms with Crippen LogP contribution in [0.3, 0.4) is 0 Å². The molecule has 0 heterocycles. The normalized spacial score (nSPS) is 11.6. The Morgan fingerprint density at radius 3 is 1.04 bits per heavy atom. The summed E-state index contributed by atoms with van der Waals surface area (Å²) in [5.41, 5.74) is 0. The van der Waals surface area contributed by atoms with E-state index in [1.807, 2.05) is 0 Å². The molecule has 2 amide bonds. The summed E-state index contributed by atoms with van der Waals surface area (Å²) in [6.07, 6.45) is 45.5. The Morgan fingerprint density at radius 1 is 0.404 bits per heavy atom. The van der Waals surface area contributed by atoms with Crippen molar-refractivity contribution in [2.75, 3.05) is 26.3 Å². The summed E-state index contributed by atoms with van der Waals surface area (Å²) in [7, 11) is 0. The van der Waals surface area contributed by atoms with Gasteiger partial charge in [-0.1, -0.05) is 141 Å². The lowest BCUT2D eigenvalue weighted by molar-refractivity contribution is -0.122. The molecule has 5 nitrogen and oxygen atoms in total. The van der Waals surface area contributed by atoms with Crippen molar-refractivity contribution in [1.82, 2.24) is 10.6 Å². The first-order valence-electron chi connectivity index (χ1n) is 20.6. The topological polar surface area (TPSA) is 67.4 Å². The second kappa shape index (κ2) is 40.6. The SMILES string of the molecule is CCCCCCCC/C=C\CCCCCCCC(=O)NCCCOCCCNC(=O)CCCCCCC/C=C\CCCCCCCC. The van der Waals surface area contributed by atoms with Crippen LogP contribution in [0.1, 0.15) is 206 Å². The summed E-state index contributed by atoms with van der Waals surface area (Å²) in [5.74, 6) is 0.327. The highest BCUT2D eigenvalue weighted by atomic mass is 16.5. The lowest BCUT2D eigenvalue weighted by Gasteiger charge is -2.08. The van der Waals surface area contributed by atoms with Gasteiger partial charge in [-0.05, 0) is 77.0 Å². The van der Waals surface area contributed by atoms with Crippen LogP contribution >= 0.6 is 0 Å². The van der Waals surface area contributed by atoms with Crippen molar-refractivity contribution in [3.05, 3.63) is 24.3 Å². The minimum absolute atomic E-state index is 0.163. The van der Waals surface area contributed by atoms with Gasteiger partial charge in [0.05, 0.1) is 0 Å². The number of unbranched alkanes of at least 4 members (excludes halogenated alkanes) is 22. The van der Waals surface area contributed by atoms with Crippen LogP contribution in [0.2, 0.25) is 0 Å². The lowest BCUT2D eigenvalue weighted by atomic mass is 10.1. The molecule has 0 spiro atoms. The van der Waals surface area contributed by atoms with Gasteiger partial charge in [0, 0.05) is 39.1 Å². The minimum atomic E-state index is 0.163. The van der Waals surface area contributed by atoms with Crippen molar-refractivity contribution < 1.29 is 14.3 Å². The van der Waals surface area contributed by atoms with Gasteiger partial charge in [0.2, 0.25) is 11.8 Å². The fourth-order valence-corrected chi connectivity index (χ4v) is 5.80. The van der Waals surface area contributed by atoms with Crippen LogP contribution < -0.4 is 10.6 Å². The van der Waals surface area contributed by atoms with Crippen LogP contribution in [-0.2, 0) is 14.3 Å². The van der Waals surface area contributed by atoms with Gasteiger partial charge in [-0.2, -0.15) is 0 Å². The van der Waals surface area contributed by atoms with Gasteiger partial charge in [-0.15, -0.1) is 0 Å². The molecule has 0 aliphatic heterocycles. The van der Waals surface area contributed by atoms with Crippen LogP contribution in [0.5, 0.6) is 0 Å². The van der Waals surface area contributed by atoms with Crippen molar-refractivity contribution in [1.29, 1.82) is 0 Å². The van der Waals surface area contributed by atoms with Crippen molar-refractivity contribution in [3.8, 4) is 0 Å². The van der Waals surface area contributed by atoms with Gasteiger partial charge >= 0.3 is 0 Å². The molecule has 0 aromatic rings. The van der Waals surface area contributed by atoms with Gasteiger partial charge in [0.15, 0.2) is 0 Å². The number of amides is 2. The van der Waals surface area contributed by atoms with Crippen LogP contribution in [-0.4, -0.2) is 38.1 Å². The van der Waals surface area contributed by atoms with Crippen molar-refractivity contribution >= 4 is 11.8 Å². The highest BCUT2D eigenvalue weighted by Gasteiger charge is 2.02. The molecule has 0 aromatic heterocycles. The first kappa shape index (κ1) is 45.4. The smallest absolute Gasteiger partial charge is 0.219 e. The second-order valence-corrected chi connectivity index (χ2v) is 13.7. The molecule has 0 bridgehead atoms. The Hall–Kier alpha value is -1.62. The predicted octanol–water partition coefficient (Wildman–Crippen LogP) is 12.1. The average molecular weight is 661 g/mol. The monoisotopic (exact) mass is 661 g/mol. The Kier molecular flexibility index (Phi) is 39.2. The number of ether oxygens (including phenoxy) is 1. The van der Waals surface area contributed by atoms with Crippen LogP contribution in [0.25, 0.3) is 0 Å². The quantitative estimate of drug-likeness (QED) is 0.0511. The third kappa shape index (κ3) is 40.5. The maximum absolute atomic E-state index is 12.0. The van der Waals surface area contributed by atoms with Gasteiger partial charge in [0.1, 0.15) is 0 Å². The molecular weight excluding hydrogens is 580 g/mol. The van der Waals surface area contributed by atoms with E-state index in [1.165, 1.54) is 141 Å². The molecule has 47 heavy (non-hydrogen) atoms. The van der Waals surface area contributed by atoms with E-state index in [-0.39, 0.29) is 11.8 Å². The number of nitrogens with one attached hydrogen (secondary N) is 2. The zero-order valence-electron chi connectivity index (χ0n) is 31.6. The molecule has 0 aliphatic carbocycles. The molecule has 0 unspecified atom stereocenters. The number of carbonyl (C=O) groups excluding carboxylic acids is 2. The highest BCUT2D eigenvalue weighted by Crippen LogP contribution is 2.11. The van der Waals surface area contributed by atoms with Crippen molar-refractivity contribution in [3.63, 3.8) is 0 Å². The van der Waals surface area contributed by atoms with E-state index >= 15 is 0 Å². The number of rotatable bonds is 38. The number of carbonyl (C=O) groups is 2. The Bertz CT molecular complexity index is 648. The van der Waals surface area contributed by atoms with E-state index in [9.17, 15) is 9.59 Å². The van der Waals surface area contributed by atoms with Crippen LogP contribution in [0.4, 0.5) is 0 Å². The minimum Gasteiger partial charge on any atom is -0.381 e. The highest BCUT2D eigenvalue weighted by molar-refractivity contribution is 5.76. The summed E-state index contributed by atoms with van der Waals surface area (Å²) < 4.78 is 5.67. The standard InChI is InChI=1S/C42H80N2O3/c1-3-5-7-9-11-13-15-17-19-21-23-25-27-29-31-35-41(45)43-37-33-39-47-40-34-38-44-42(46)36-32-30-28-26-24-22-20-18-16-14-12-10-8-6-4-2/h17-20H,3-16,21-40H2,1-2H3,(H,43,45)(H,44,46)/b19-17-,20-18-. The zero-order chi connectivity index (χ0) is 34.1. The molecule has 0 rings (SSSR count). The second-order valence-electron chi connectivity index (χ2n) is 13.7. The molecule has 0 radical (unpaired) electrons. The Morgan fingerprint density at radius 2 is 0.702 bits per heavy atom. The van der Waals surface area contributed by atoms with Crippen molar-refractivity contribution in [2.24, 2.45) is 0 Å². The molecular formula is C42H80N2O3. The predicted molar refractivity (Wildman–Crippen MR) is 205 cm³/mol. The maximum Gasteiger partial charge on any atom is 0.219 e. The third-order valence-corrected chi connectivity index (χ3v) is 8.91. The summed E-state index contributed by atoms with van der Waals surface area (Å²) in [6, 6.07) is 0. The molecule has 5 heteroatoms. The lowest BCUT2D eigenvalue weighted by Crippen LogP contribution is -2.26. The molecule has 0 aromatic carbocycles. The first-order chi connectivity index (χ1) is 23.2. The fourth-order valence-electron chi connectivity index (χ4n) is 5.80. The van der Waals surface area contributed by atoms with E-state index < -0.39 is 0 Å². The zero-order valence-corrected chi connectivity index (χ0v) is 31.6. The van der Waals surface area contributed by atoms with E-state index in [0.717, 1.165) is 38.5 Å². The van der Waals surface area contributed by atoms with Gasteiger partial charge < -0.3 is 15.4 Å². The van der Waals surface area contributed by atoms with E-state index in [2.05, 4.69) is 48.8 Å². The molecule has 0 atom stereocenters. The van der Waals surface area contributed by atoms with Crippen molar-refractivity contribution in [2.45, 2.75) is 206 Å². The van der Waals surface area contributed by atoms with E-state index in [1.54, 1.807) is 0 Å². The Labute approximate surface area is 293 Å². The summed E-state index contributed by atoms with van der Waals surface area (Å²) in [5, 5.41) is 6.03.